The van der Waals surface area contributed by atoms with Gasteiger partial charge in [-0.2, -0.15) is 0 Å². The topological polar surface area (TPSA) is 237 Å². The van der Waals surface area contributed by atoms with Crippen molar-refractivity contribution in [2.45, 2.75) is 394 Å². The van der Waals surface area contributed by atoms with Crippen LogP contribution in [0.4, 0.5) is 0 Å². The molecule has 3 N–H and O–H groups in total. The first kappa shape index (κ1) is 90.1. The summed E-state index contributed by atoms with van der Waals surface area (Å²) < 4.78 is 68.4. The highest BCUT2D eigenvalue weighted by molar-refractivity contribution is 7.47. The van der Waals surface area contributed by atoms with Gasteiger partial charge in [-0.05, 0) is 37.5 Å². The molecule has 19 heteroatoms. The fourth-order valence-electron chi connectivity index (χ4n) is 11.1. The number of hydrogen-bond acceptors (Lipinski definition) is 15. The SMILES string of the molecule is CCCCCCCCCCCCCCCCCCCC(=O)O[C@H](COC(=O)CCCCCCCCCCCCCC(C)C)COP(=O)(O)OC[C@@H](O)COP(=O)(O)OC[C@@H](COC(=O)CCCCCCCCC(C)CC)OC(=O)CCCCCCCCCCCCC. The van der Waals surface area contributed by atoms with Crippen molar-refractivity contribution in [3.05, 3.63) is 0 Å². The summed E-state index contributed by atoms with van der Waals surface area (Å²) in [4.78, 5) is 72.7. The standard InChI is InChI=1S/C73H142O17P2/c1-7-10-12-14-16-18-20-21-22-23-24-25-29-34-38-46-52-58-73(78)89-68(61-83-70(75)55-49-43-36-32-30-26-28-31-35-41-47-53-65(4)5)63-87-91(79,80)85-59-67(74)60-86-92(81,82)88-64-69(62-84-71(76)56-50-44-40-39-42-48-54-66(6)9-3)90-72(77)57-51-45-37-33-27-19-17-15-13-11-8-2/h65-69,74H,7-64H2,1-6H3,(H,79,80)(H,81,82)/t66?,67-,68-,69-/m1/s1. The van der Waals surface area contributed by atoms with E-state index < -0.39 is 97.5 Å². The Labute approximate surface area is 562 Å². The number of phosphoric ester groups is 2. The van der Waals surface area contributed by atoms with E-state index in [4.69, 9.17) is 37.0 Å². The normalized spacial score (nSPS) is 14.4. The molecular formula is C73H142O17P2. The van der Waals surface area contributed by atoms with Crippen LogP contribution in [0.5, 0.6) is 0 Å². The summed E-state index contributed by atoms with van der Waals surface area (Å²) in [7, 11) is -9.90. The van der Waals surface area contributed by atoms with E-state index in [-0.39, 0.29) is 25.7 Å². The summed E-state index contributed by atoms with van der Waals surface area (Å²) >= 11 is 0. The molecule has 0 radical (unpaired) electrons. The molecule has 0 aliphatic heterocycles. The van der Waals surface area contributed by atoms with Crippen LogP contribution in [-0.2, 0) is 65.4 Å². The molecule has 0 fully saturated rings. The number of hydrogen-bond donors (Lipinski definition) is 3. The number of phosphoric acid groups is 2. The van der Waals surface area contributed by atoms with Crippen LogP contribution in [0.1, 0.15) is 375 Å². The van der Waals surface area contributed by atoms with Gasteiger partial charge in [-0.15, -0.1) is 0 Å². The van der Waals surface area contributed by atoms with Crippen molar-refractivity contribution >= 4 is 39.5 Å². The monoisotopic (exact) mass is 1350 g/mol. The molecule has 92 heavy (non-hydrogen) atoms. The summed E-state index contributed by atoms with van der Waals surface area (Å²) in [6, 6.07) is 0. The molecule has 6 atom stereocenters. The van der Waals surface area contributed by atoms with E-state index in [2.05, 4.69) is 41.5 Å². The maximum atomic E-state index is 13.1. The van der Waals surface area contributed by atoms with Crippen molar-refractivity contribution in [3.8, 4) is 0 Å². The van der Waals surface area contributed by atoms with Crippen LogP contribution in [0.15, 0.2) is 0 Å². The number of ether oxygens (including phenoxy) is 4. The second-order valence-corrected chi connectivity index (χ2v) is 30.0. The molecule has 0 aromatic rings. The largest absolute Gasteiger partial charge is 0.472 e. The Morgan fingerprint density at radius 3 is 0.826 bits per heavy atom. The molecule has 0 bridgehead atoms. The van der Waals surface area contributed by atoms with E-state index in [1.54, 1.807) is 0 Å². The average molecular weight is 1350 g/mol. The summed E-state index contributed by atoms with van der Waals surface area (Å²) in [5.41, 5.74) is 0. The van der Waals surface area contributed by atoms with Crippen molar-refractivity contribution in [3.63, 3.8) is 0 Å². The summed E-state index contributed by atoms with van der Waals surface area (Å²) in [5.74, 6) is -0.617. The zero-order valence-corrected chi connectivity index (χ0v) is 61.6. The minimum atomic E-state index is -4.95. The van der Waals surface area contributed by atoms with Gasteiger partial charge in [0.05, 0.1) is 26.4 Å². The average Bonchev–Trinajstić information content (AvgIpc) is 3.73. The minimum Gasteiger partial charge on any atom is -0.462 e. The Bertz CT molecular complexity index is 1790. The lowest BCUT2D eigenvalue weighted by Gasteiger charge is -2.21. The Kier molecular flexibility index (Phi) is 63.7. The fourth-order valence-corrected chi connectivity index (χ4v) is 12.7. The summed E-state index contributed by atoms with van der Waals surface area (Å²) in [5, 5.41) is 10.6. The third-order valence-electron chi connectivity index (χ3n) is 17.3. The number of rotatable bonds is 72. The Morgan fingerprint density at radius 2 is 0.554 bits per heavy atom. The van der Waals surface area contributed by atoms with Crippen LogP contribution in [-0.4, -0.2) is 96.7 Å². The summed E-state index contributed by atoms with van der Waals surface area (Å²) in [6.07, 6.45) is 51.3. The summed E-state index contributed by atoms with van der Waals surface area (Å²) in [6.45, 7) is 9.54. The van der Waals surface area contributed by atoms with Crippen molar-refractivity contribution in [1.82, 2.24) is 0 Å². The number of carbonyl (C=O) groups excluding carboxylic acids is 4. The fraction of sp³-hybridized carbons (Fsp3) is 0.945. The van der Waals surface area contributed by atoms with Crippen LogP contribution in [0.25, 0.3) is 0 Å². The maximum absolute atomic E-state index is 13.1. The van der Waals surface area contributed by atoms with Crippen LogP contribution in [0.2, 0.25) is 0 Å². The van der Waals surface area contributed by atoms with Gasteiger partial charge in [0.1, 0.15) is 19.3 Å². The lowest BCUT2D eigenvalue weighted by Crippen LogP contribution is -2.30. The number of aliphatic hydroxyl groups excluding tert-OH is 1. The van der Waals surface area contributed by atoms with E-state index >= 15 is 0 Å². The van der Waals surface area contributed by atoms with E-state index in [0.717, 1.165) is 108 Å². The highest BCUT2D eigenvalue weighted by atomic mass is 31.2. The first-order chi connectivity index (χ1) is 44.4. The zero-order chi connectivity index (χ0) is 67.9. The molecule has 0 aromatic carbocycles. The quantitative estimate of drug-likeness (QED) is 0.0222. The van der Waals surface area contributed by atoms with Crippen molar-refractivity contribution in [2.24, 2.45) is 11.8 Å². The number of carbonyl (C=O) groups is 4. The lowest BCUT2D eigenvalue weighted by molar-refractivity contribution is -0.161. The first-order valence-corrected chi connectivity index (χ1v) is 41.0. The lowest BCUT2D eigenvalue weighted by atomic mass is 10.00. The number of unbranched alkanes of at least 4 members (excludes halogenated alkanes) is 41. The van der Waals surface area contributed by atoms with E-state index in [9.17, 15) is 43.2 Å². The van der Waals surface area contributed by atoms with Gasteiger partial charge in [0.2, 0.25) is 0 Å². The van der Waals surface area contributed by atoms with Gasteiger partial charge >= 0.3 is 39.5 Å². The molecule has 0 saturated carbocycles. The van der Waals surface area contributed by atoms with Crippen LogP contribution < -0.4 is 0 Å². The van der Waals surface area contributed by atoms with Gasteiger partial charge in [-0.3, -0.25) is 37.3 Å². The highest BCUT2D eigenvalue weighted by Crippen LogP contribution is 2.45. The van der Waals surface area contributed by atoms with E-state index in [1.165, 1.54) is 186 Å². The van der Waals surface area contributed by atoms with Crippen LogP contribution in [0.3, 0.4) is 0 Å². The Hall–Kier alpha value is -1.94. The predicted molar refractivity (Wildman–Crippen MR) is 372 cm³/mol. The highest BCUT2D eigenvalue weighted by Gasteiger charge is 2.30. The molecule has 0 aromatic heterocycles. The Morgan fingerprint density at radius 1 is 0.315 bits per heavy atom. The van der Waals surface area contributed by atoms with Crippen LogP contribution in [0, 0.1) is 11.8 Å². The third-order valence-corrected chi connectivity index (χ3v) is 19.2. The zero-order valence-electron chi connectivity index (χ0n) is 59.9. The molecule has 0 aliphatic carbocycles. The molecule has 17 nitrogen and oxygen atoms in total. The molecule has 3 unspecified atom stereocenters. The molecule has 0 amide bonds. The molecular weight excluding hydrogens is 1210 g/mol. The number of esters is 4. The molecule has 546 valence electrons. The van der Waals surface area contributed by atoms with Gasteiger partial charge < -0.3 is 33.8 Å². The second kappa shape index (κ2) is 65.0. The van der Waals surface area contributed by atoms with Crippen molar-refractivity contribution < 1.29 is 80.2 Å². The Balaban J connectivity index is 5.24. The van der Waals surface area contributed by atoms with Gasteiger partial charge in [0, 0.05) is 25.7 Å². The van der Waals surface area contributed by atoms with E-state index in [0.29, 0.717) is 25.7 Å². The van der Waals surface area contributed by atoms with Crippen molar-refractivity contribution in [1.29, 1.82) is 0 Å². The maximum Gasteiger partial charge on any atom is 0.472 e. The van der Waals surface area contributed by atoms with Gasteiger partial charge in [-0.25, -0.2) is 9.13 Å². The van der Waals surface area contributed by atoms with Gasteiger partial charge in [0.15, 0.2) is 12.2 Å². The van der Waals surface area contributed by atoms with Gasteiger partial charge in [0.25, 0.3) is 0 Å². The van der Waals surface area contributed by atoms with Crippen molar-refractivity contribution in [2.75, 3.05) is 39.6 Å². The first-order valence-electron chi connectivity index (χ1n) is 38.0. The molecule has 0 aliphatic rings. The van der Waals surface area contributed by atoms with Gasteiger partial charge in [-0.1, -0.05) is 324 Å². The molecule has 0 rings (SSSR count). The van der Waals surface area contributed by atoms with E-state index in [1.807, 2.05) is 0 Å². The second-order valence-electron chi connectivity index (χ2n) is 27.1. The molecule has 0 heterocycles. The molecule has 0 spiro atoms. The predicted octanol–water partition coefficient (Wildman–Crippen LogP) is 21.2. The third kappa shape index (κ3) is 65.4. The smallest absolute Gasteiger partial charge is 0.462 e. The van der Waals surface area contributed by atoms with Crippen LogP contribution >= 0.6 is 15.6 Å². The minimum absolute atomic E-state index is 0.106. The molecule has 0 saturated heterocycles. The number of aliphatic hydroxyl groups is 1.